The van der Waals surface area contributed by atoms with Crippen molar-refractivity contribution in [1.29, 1.82) is 0 Å². The quantitative estimate of drug-likeness (QED) is 0.517. The summed E-state index contributed by atoms with van der Waals surface area (Å²) < 4.78 is 0. The van der Waals surface area contributed by atoms with E-state index in [1.165, 1.54) is 28.1 Å². The number of fused-ring (bicyclic) bond motifs is 1. The molecule has 1 atom stereocenters. The molecule has 1 aliphatic heterocycles. The van der Waals surface area contributed by atoms with Crippen LogP contribution >= 0.6 is 0 Å². The van der Waals surface area contributed by atoms with Crippen LogP contribution in [0.3, 0.4) is 0 Å². The first-order valence-corrected chi connectivity index (χ1v) is 11.0. The maximum Gasteiger partial charge on any atom is 0.0739 e. The summed E-state index contributed by atoms with van der Waals surface area (Å²) in [5.41, 5.74) is 10.3. The Kier molecular flexibility index (Phi) is 6.08. The van der Waals surface area contributed by atoms with Crippen molar-refractivity contribution in [2.24, 2.45) is 4.99 Å². The maximum absolute atomic E-state index is 5.20. The summed E-state index contributed by atoms with van der Waals surface area (Å²) in [5.74, 6) is 0.847. The molecule has 0 aliphatic carbocycles. The van der Waals surface area contributed by atoms with Crippen molar-refractivity contribution in [2.45, 2.75) is 72.3 Å². The Bertz CT molecular complexity index is 1020. The van der Waals surface area contributed by atoms with Crippen molar-refractivity contribution >= 4 is 28.2 Å². The number of nitrogens with zero attached hydrogens (tertiary/aromatic N) is 1. The van der Waals surface area contributed by atoms with Gasteiger partial charge < -0.3 is 5.32 Å². The second-order valence-electron chi connectivity index (χ2n) is 9.64. The van der Waals surface area contributed by atoms with Gasteiger partial charge in [0.15, 0.2) is 0 Å². The van der Waals surface area contributed by atoms with Gasteiger partial charge in [0.2, 0.25) is 0 Å². The first-order chi connectivity index (χ1) is 14.0. The van der Waals surface area contributed by atoms with Crippen LogP contribution in [0.25, 0.3) is 11.1 Å². The molecule has 2 aromatic carbocycles. The van der Waals surface area contributed by atoms with E-state index >= 15 is 0 Å². The summed E-state index contributed by atoms with van der Waals surface area (Å²) in [6.45, 7) is 23.8. The van der Waals surface area contributed by atoms with Crippen molar-refractivity contribution in [3.63, 3.8) is 0 Å². The number of hydrogen-bond acceptors (Lipinski definition) is 2. The van der Waals surface area contributed by atoms with Crippen molar-refractivity contribution in [3.05, 3.63) is 71.8 Å². The minimum atomic E-state index is -0.288. The van der Waals surface area contributed by atoms with Gasteiger partial charge in [-0.05, 0) is 68.2 Å². The molecule has 0 unspecified atom stereocenters. The molecule has 1 N–H and O–H groups in total. The first-order valence-electron chi connectivity index (χ1n) is 11.0. The summed E-state index contributed by atoms with van der Waals surface area (Å²) in [6, 6.07) is 13.0. The Balaban J connectivity index is 2.10. The van der Waals surface area contributed by atoms with Gasteiger partial charge in [-0.2, -0.15) is 0 Å². The van der Waals surface area contributed by atoms with Crippen LogP contribution < -0.4 is 5.32 Å². The van der Waals surface area contributed by atoms with Crippen LogP contribution in [0.15, 0.2) is 54.5 Å². The number of allylic oxidation sites excluding steroid dienone is 2. The van der Waals surface area contributed by atoms with Crippen molar-refractivity contribution in [2.75, 3.05) is 5.32 Å². The molecular weight excluding hydrogens is 364 g/mol. The van der Waals surface area contributed by atoms with E-state index in [0.717, 1.165) is 28.8 Å². The molecule has 30 heavy (non-hydrogen) atoms. The van der Waals surface area contributed by atoms with E-state index in [1.54, 1.807) is 0 Å². The third-order valence-corrected chi connectivity index (χ3v) is 6.14. The maximum atomic E-state index is 5.20. The van der Waals surface area contributed by atoms with Crippen LogP contribution in [0.5, 0.6) is 0 Å². The number of aliphatic imine (C=N–C) groups is 1. The molecule has 2 heteroatoms. The third-order valence-electron chi connectivity index (χ3n) is 6.14. The number of anilines is 1. The molecule has 2 aromatic rings. The van der Waals surface area contributed by atoms with E-state index in [2.05, 4.69) is 103 Å². The Labute approximate surface area is 182 Å². The van der Waals surface area contributed by atoms with Gasteiger partial charge in [0.05, 0.1) is 11.2 Å². The summed E-state index contributed by atoms with van der Waals surface area (Å²) >= 11 is 0. The number of rotatable bonds is 6. The molecule has 0 saturated carbocycles. The van der Waals surface area contributed by atoms with Gasteiger partial charge in [-0.3, -0.25) is 4.99 Å². The minimum absolute atomic E-state index is 0.288. The Morgan fingerprint density at radius 1 is 1.03 bits per heavy atom. The lowest BCUT2D eigenvalue weighted by Crippen LogP contribution is -2.42. The van der Waals surface area contributed by atoms with Crippen LogP contribution in [0, 0.1) is 0 Å². The fourth-order valence-corrected chi connectivity index (χ4v) is 4.33. The zero-order chi connectivity index (χ0) is 22.2. The number of para-hydroxylation sites is 2. The second-order valence-corrected chi connectivity index (χ2v) is 9.64. The topological polar surface area (TPSA) is 24.4 Å². The predicted octanol–water partition coefficient (Wildman–Crippen LogP) is 8.35. The normalized spacial score (nSPS) is 16.1. The monoisotopic (exact) mass is 400 g/mol. The number of benzene rings is 2. The fraction of sp³-hybridized carbons (Fsp3) is 0.393. The smallest absolute Gasteiger partial charge is 0.0739 e. The lowest BCUT2D eigenvalue weighted by molar-refractivity contribution is 0.687. The van der Waals surface area contributed by atoms with Gasteiger partial charge in [0, 0.05) is 22.5 Å². The van der Waals surface area contributed by atoms with Crippen LogP contribution in [-0.4, -0.2) is 11.3 Å². The van der Waals surface area contributed by atoms with E-state index in [-0.39, 0.29) is 5.54 Å². The van der Waals surface area contributed by atoms with Gasteiger partial charge in [-0.1, -0.05) is 70.3 Å². The zero-order valence-corrected chi connectivity index (χ0v) is 19.7. The molecule has 0 saturated heterocycles. The van der Waals surface area contributed by atoms with Crippen LogP contribution in [0.1, 0.15) is 89.0 Å². The van der Waals surface area contributed by atoms with Gasteiger partial charge in [-0.15, -0.1) is 0 Å². The lowest BCUT2D eigenvalue weighted by Gasteiger charge is -2.36. The summed E-state index contributed by atoms with van der Waals surface area (Å²) in [4.78, 5) is 5.20. The second kappa shape index (κ2) is 8.26. The molecule has 0 spiro atoms. The van der Waals surface area contributed by atoms with Crippen LogP contribution in [0.4, 0.5) is 11.4 Å². The molecule has 0 amide bonds. The van der Waals surface area contributed by atoms with E-state index in [1.807, 2.05) is 0 Å². The van der Waals surface area contributed by atoms with Crippen molar-refractivity contribution in [3.8, 4) is 0 Å². The highest BCUT2D eigenvalue weighted by Crippen LogP contribution is 2.42. The van der Waals surface area contributed by atoms with E-state index in [4.69, 9.17) is 4.99 Å². The van der Waals surface area contributed by atoms with Gasteiger partial charge in [-0.25, -0.2) is 0 Å². The SMILES string of the molecule is C=C(C)c1cccc2c1N=C(C(C)(C)Nc1c(C(=C)C)cccc1C(C)C)C[C@@H]2C. The largest absolute Gasteiger partial charge is 0.374 e. The number of hydrogen-bond donors (Lipinski definition) is 1. The van der Waals surface area contributed by atoms with Crippen LogP contribution in [-0.2, 0) is 0 Å². The fourth-order valence-electron chi connectivity index (χ4n) is 4.33. The molecule has 0 fully saturated rings. The molecule has 1 aliphatic rings. The molecule has 0 bridgehead atoms. The minimum Gasteiger partial charge on any atom is -0.374 e. The average Bonchev–Trinajstić information content (AvgIpc) is 2.66. The predicted molar refractivity (Wildman–Crippen MR) is 134 cm³/mol. The Morgan fingerprint density at radius 2 is 1.63 bits per heavy atom. The van der Waals surface area contributed by atoms with E-state index < -0.39 is 0 Å². The summed E-state index contributed by atoms with van der Waals surface area (Å²) in [7, 11) is 0. The Hall–Kier alpha value is -2.61. The van der Waals surface area contributed by atoms with Crippen LogP contribution in [0.2, 0.25) is 0 Å². The highest BCUT2D eigenvalue weighted by atomic mass is 15.0. The third kappa shape index (κ3) is 4.14. The molecule has 0 radical (unpaired) electrons. The Morgan fingerprint density at radius 3 is 2.23 bits per heavy atom. The zero-order valence-electron chi connectivity index (χ0n) is 19.7. The number of nitrogens with one attached hydrogen (secondary N) is 1. The average molecular weight is 401 g/mol. The molecule has 0 aromatic heterocycles. The first kappa shape index (κ1) is 22.1. The lowest BCUT2D eigenvalue weighted by atomic mass is 9.82. The van der Waals surface area contributed by atoms with E-state index in [9.17, 15) is 0 Å². The summed E-state index contributed by atoms with van der Waals surface area (Å²) in [6.07, 6.45) is 0.943. The van der Waals surface area contributed by atoms with Gasteiger partial charge in [0.1, 0.15) is 0 Å². The highest BCUT2D eigenvalue weighted by Gasteiger charge is 2.32. The highest BCUT2D eigenvalue weighted by molar-refractivity contribution is 6.01. The molecular formula is C28H36N2. The van der Waals surface area contributed by atoms with Crippen molar-refractivity contribution in [1.82, 2.24) is 0 Å². The standard InChI is InChI=1S/C28H36N2/c1-17(2)21-12-11-15-24-20(7)16-25(29-26(21)24)28(8,9)30-27-22(18(3)4)13-10-14-23(27)19(5)6/h10-15,19-20,30H,1,3,16H2,2,4-9H3/t20-/m0/s1. The molecule has 3 rings (SSSR count). The van der Waals surface area contributed by atoms with E-state index in [0.29, 0.717) is 11.8 Å². The van der Waals surface area contributed by atoms with Gasteiger partial charge >= 0.3 is 0 Å². The van der Waals surface area contributed by atoms with Crippen molar-refractivity contribution < 1.29 is 0 Å². The van der Waals surface area contributed by atoms with Gasteiger partial charge in [0.25, 0.3) is 0 Å². The molecule has 1 heterocycles. The molecule has 2 nitrogen and oxygen atoms in total. The summed E-state index contributed by atoms with van der Waals surface area (Å²) in [5, 5.41) is 3.87. The molecule has 158 valence electrons.